The molecule has 0 saturated heterocycles. The molecule has 1 atom stereocenters. The van der Waals surface area contributed by atoms with Crippen molar-refractivity contribution in [2.45, 2.75) is 32.2 Å². The van der Waals surface area contributed by atoms with E-state index >= 15 is 0 Å². The largest absolute Gasteiger partial charge is 0.310 e. The van der Waals surface area contributed by atoms with Crippen molar-refractivity contribution in [3.63, 3.8) is 0 Å². The minimum atomic E-state index is 0.587. The van der Waals surface area contributed by atoms with E-state index < -0.39 is 0 Å². The molecule has 0 bridgehead atoms. The Morgan fingerprint density at radius 1 is 1.64 bits per heavy atom. The lowest BCUT2D eigenvalue weighted by Crippen LogP contribution is -2.20. The molecule has 78 valence electrons. The summed E-state index contributed by atoms with van der Waals surface area (Å²) in [5.41, 5.74) is 0. The van der Waals surface area contributed by atoms with Crippen molar-refractivity contribution < 1.29 is 0 Å². The Hall–Kier alpha value is 0.140. The van der Waals surface area contributed by atoms with Gasteiger partial charge in [0.05, 0.1) is 0 Å². The fourth-order valence-corrected chi connectivity index (χ4v) is 3.28. The van der Waals surface area contributed by atoms with Crippen molar-refractivity contribution >= 4 is 27.3 Å². The van der Waals surface area contributed by atoms with E-state index in [4.69, 9.17) is 0 Å². The molecule has 1 aromatic heterocycles. The summed E-state index contributed by atoms with van der Waals surface area (Å²) in [7, 11) is 0. The van der Waals surface area contributed by atoms with Gasteiger partial charge in [-0.1, -0.05) is 19.8 Å². The van der Waals surface area contributed by atoms with Crippen LogP contribution in [0.2, 0.25) is 0 Å². The van der Waals surface area contributed by atoms with E-state index in [1.165, 1.54) is 28.6 Å². The number of hydrogen-bond acceptors (Lipinski definition) is 2. The number of thiophene rings is 1. The maximum atomic E-state index is 3.57. The maximum absolute atomic E-state index is 3.57. The Morgan fingerprint density at radius 2 is 2.43 bits per heavy atom. The third-order valence-corrected chi connectivity index (χ3v) is 4.45. The third-order valence-electron chi connectivity index (χ3n) is 2.65. The summed E-state index contributed by atoms with van der Waals surface area (Å²) in [6.45, 7) is 3.25. The second-order valence-corrected chi connectivity index (χ2v) is 5.82. The van der Waals surface area contributed by atoms with Crippen molar-refractivity contribution in [1.29, 1.82) is 0 Å². The first kappa shape index (κ1) is 10.7. The molecule has 0 amide bonds. The summed E-state index contributed by atoms with van der Waals surface area (Å²) in [5, 5.41) is 5.75. The lowest BCUT2D eigenvalue weighted by Gasteiger charge is -2.15. The standard InChI is InChI=1S/C11H16BrNS/c1-2-13-10(5-8-3-4-8)11-6-9(12)7-14-11/h6-8,10,13H,2-5H2,1H3. The molecule has 0 spiro atoms. The molecule has 0 aliphatic heterocycles. The van der Waals surface area contributed by atoms with Gasteiger partial charge in [0.25, 0.3) is 0 Å². The topological polar surface area (TPSA) is 12.0 Å². The highest BCUT2D eigenvalue weighted by atomic mass is 79.9. The zero-order valence-electron chi connectivity index (χ0n) is 8.42. The molecular weight excluding hydrogens is 258 g/mol. The Kier molecular flexibility index (Phi) is 3.63. The predicted molar refractivity (Wildman–Crippen MR) is 65.8 cm³/mol. The van der Waals surface area contributed by atoms with Crippen molar-refractivity contribution in [3.05, 3.63) is 20.8 Å². The molecule has 1 unspecified atom stereocenters. The molecule has 3 heteroatoms. The molecule has 1 aliphatic rings. The van der Waals surface area contributed by atoms with Crippen LogP contribution in [0.4, 0.5) is 0 Å². The SMILES string of the molecule is CCNC(CC1CC1)c1cc(Br)cs1. The van der Waals surface area contributed by atoms with Gasteiger partial charge in [-0.15, -0.1) is 11.3 Å². The van der Waals surface area contributed by atoms with Gasteiger partial charge < -0.3 is 5.32 Å². The first-order valence-corrected chi connectivity index (χ1v) is 6.94. The van der Waals surface area contributed by atoms with Crippen LogP contribution < -0.4 is 5.32 Å². The van der Waals surface area contributed by atoms with Gasteiger partial charge in [0.2, 0.25) is 0 Å². The van der Waals surface area contributed by atoms with E-state index in [1.807, 2.05) is 11.3 Å². The Morgan fingerprint density at radius 3 is 2.93 bits per heavy atom. The van der Waals surface area contributed by atoms with Gasteiger partial charge in [0, 0.05) is 20.8 Å². The van der Waals surface area contributed by atoms with Crippen LogP contribution in [-0.4, -0.2) is 6.54 Å². The Labute approximate surface area is 98.0 Å². The molecule has 2 rings (SSSR count). The van der Waals surface area contributed by atoms with E-state index in [-0.39, 0.29) is 0 Å². The van der Waals surface area contributed by atoms with Crippen LogP contribution in [0.25, 0.3) is 0 Å². The molecule has 0 aromatic carbocycles. The fourth-order valence-electron chi connectivity index (χ4n) is 1.74. The first-order chi connectivity index (χ1) is 6.79. The molecule has 1 aromatic rings. The van der Waals surface area contributed by atoms with Gasteiger partial charge in [-0.25, -0.2) is 0 Å². The highest BCUT2D eigenvalue weighted by Gasteiger charge is 2.26. The van der Waals surface area contributed by atoms with Crippen LogP contribution in [0, 0.1) is 5.92 Å². The number of nitrogens with one attached hydrogen (secondary N) is 1. The van der Waals surface area contributed by atoms with Crippen LogP contribution in [0.15, 0.2) is 15.9 Å². The first-order valence-electron chi connectivity index (χ1n) is 5.27. The van der Waals surface area contributed by atoms with E-state index in [1.54, 1.807) is 0 Å². The van der Waals surface area contributed by atoms with Crippen LogP contribution in [0.1, 0.15) is 37.1 Å². The van der Waals surface area contributed by atoms with Crippen LogP contribution >= 0.6 is 27.3 Å². The van der Waals surface area contributed by atoms with Gasteiger partial charge in [0.15, 0.2) is 0 Å². The molecule has 0 radical (unpaired) electrons. The zero-order chi connectivity index (χ0) is 9.97. The molecule has 1 nitrogen and oxygen atoms in total. The van der Waals surface area contributed by atoms with Gasteiger partial charge >= 0.3 is 0 Å². The highest BCUT2D eigenvalue weighted by molar-refractivity contribution is 9.10. The lowest BCUT2D eigenvalue weighted by molar-refractivity contribution is 0.493. The van der Waals surface area contributed by atoms with Crippen LogP contribution in [0.3, 0.4) is 0 Å². The summed E-state index contributed by atoms with van der Waals surface area (Å²) in [5.74, 6) is 0.986. The maximum Gasteiger partial charge on any atom is 0.0417 e. The highest BCUT2D eigenvalue weighted by Crippen LogP contribution is 2.39. The molecule has 1 heterocycles. The summed E-state index contributed by atoms with van der Waals surface area (Å²) >= 11 is 5.37. The Bertz CT molecular complexity index is 293. The predicted octanol–water partition coefficient (Wildman–Crippen LogP) is 3.96. The summed E-state index contributed by atoms with van der Waals surface area (Å²) in [6, 6.07) is 2.84. The second kappa shape index (κ2) is 4.77. The van der Waals surface area contributed by atoms with E-state index in [2.05, 4.69) is 39.6 Å². The van der Waals surface area contributed by atoms with Gasteiger partial charge in [0.1, 0.15) is 0 Å². The molecule has 1 N–H and O–H groups in total. The summed E-state index contributed by atoms with van der Waals surface area (Å²) < 4.78 is 1.22. The molecule has 1 saturated carbocycles. The summed E-state index contributed by atoms with van der Waals surface area (Å²) in [6.07, 6.45) is 4.20. The number of hydrogen-bond donors (Lipinski definition) is 1. The summed E-state index contributed by atoms with van der Waals surface area (Å²) in [4.78, 5) is 1.48. The normalized spacial score (nSPS) is 18.4. The second-order valence-electron chi connectivity index (χ2n) is 3.96. The third kappa shape index (κ3) is 2.81. The molecule has 1 aliphatic carbocycles. The van der Waals surface area contributed by atoms with Crippen molar-refractivity contribution in [1.82, 2.24) is 5.32 Å². The Balaban J connectivity index is 2.00. The molecule has 14 heavy (non-hydrogen) atoms. The van der Waals surface area contributed by atoms with Gasteiger partial charge in [-0.05, 0) is 40.9 Å². The van der Waals surface area contributed by atoms with Crippen LogP contribution in [-0.2, 0) is 0 Å². The zero-order valence-corrected chi connectivity index (χ0v) is 10.8. The minimum Gasteiger partial charge on any atom is -0.310 e. The van der Waals surface area contributed by atoms with Crippen molar-refractivity contribution in [2.75, 3.05) is 6.54 Å². The smallest absolute Gasteiger partial charge is 0.0417 e. The average Bonchev–Trinajstić information content (AvgIpc) is 2.87. The van der Waals surface area contributed by atoms with Crippen LogP contribution in [0.5, 0.6) is 0 Å². The lowest BCUT2D eigenvalue weighted by atomic mass is 10.1. The van der Waals surface area contributed by atoms with Crippen molar-refractivity contribution in [3.8, 4) is 0 Å². The fraction of sp³-hybridized carbons (Fsp3) is 0.636. The van der Waals surface area contributed by atoms with Gasteiger partial charge in [-0.3, -0.25) is 0 Å². The molecular formula is C11H16BrNS. The number of halogens is 1. The van der Waals surface area contributed by atoms with E-state index in [0.717, 1.165) is 12.5 Å². The quantitative estimate of drug-likeness (QED) is 0.857. The van der Waals surface area contributed by atoms with Gasteiger partial charge in [-0.2, -0.15) is 0 Å². The minimum absolute atomic E-state index is 0.587. The number of rotatable bonds is 5. The monoisotopic (exact) mass is 273 g/mol. The van der Waals surface area contributed by atoms with E-state index in [9.17, 15) is 0 Å². The van der Waals surface area contributed by atoms with Crippen molar-refractivity contribution in [2.24, 2.45) is 5.92 Å². The average molecular weight is 274 g/mol. The molecule has 1 fully saturated rings. The van der Waals surface area contributed by atoms with E-state index in [0.29, 0.717) is 6.04 Å².